The van der Waals surface area contributed by atoms with Crippen molar-refractivity contribution in [2.75, 3.05) is 0 Å². The molecule has 0 aliphatic heterocycles. The first-order valence-corrected chi connectivity index (χ1v) is 5.98. The van der Waals surface area contributed by atoms with Gasteiger partial charge in [0.25, 0.3) is 0 Å². The van der Waals surface area contributed by atoms with Gasteiger partial charge >= 0.3 is 0 Å². The van der Waals surface area contributed by atoms with Gasteiger partial charge in [-0.2, -0.15) is 5.26 Å². The Kier molecular flexibility index (Phi) is 3.82. The van der Waals surface area contributed by atoms with Crippen molar-refractivity contribution < 1.29 is 9.13 Å². The monoisotopic (exact) mass is 255 g/mol. The Bertz CT molecular complexity index is 644. The Morgan fingerprint density at radius 1 is 1.11 bits per heavy atom. The van der Waals surface area contributed by atoms with Crippen LogP contribution in [0.5, 0.6) is 5.75 Å². The number of benzene rings is 2. The smallest absolute Gasteiger partial charge is 0.124 e. The van der Waals surface area contributed by atoms with Gasteiger partial charge in [0.2, 0.25) is 0 Å². The lowest BCUT2D eigenvalue weighted by molar-refractivity contribution is 0.305. The van der Waals surface area contributed by atoms with E-state index in [0.29, 0.717) is 11.1 Å². The Morgan fingerprint density at radius 2 is 1.89 bits per heavy atom. The molecule has 2 aromatic carbocycles. The van der Waals surface area contributed by atoms with E-state index in [2.05, 4.69) is 0 Å². The van der Waals surface area contributed by atoms with Crippen molar-refractivity contribution in [3.05, 3.63) is 64.5 Å². The zero-order valence-electron chi connectivity index (χ0n) is 10.9. The maximum absolute atomic E-state index is 13.3. The zero-order chi connectivity index (χ0) is 13.8. The average Bonchev–Trinajstić information content (AvgIpc) is 2.39. The largest absolute Gasteiger partial charge is 0.489 e. The summed E-state index contributed by atoms with van der Waals surface area (Å²) < 4.78 is 18.9. The van der Waals surface area contributed by atoms with Crippen LogP contribution in [-0.2, 0) is 6.61 Å². The van der Waals surface area contributed by atoms with Crippen LogP contribution in [0.15, 0.2) is 36.4 Å². The minimum absolute atomic E-state index is 0.245. The minimum Gasteiger partial charge on any atom is -0.489 e. The van der Waals surface area contributed by atoms with Crippen LogP contribution in [0, 0.1) is 31.0 Å². The number of nitriles is 1. The molecule has 2 aromatic rings. The van der Waals surface area contributed by atoms with Crippen LogP contribution in [0.4, 0.5) is 4.39 Å². The molecule has 96 valence electrons. The van der Waals surface area contributed by atoms with E-state index in [1.165, 1.54) is 17.7 Å². The topological polar surface area (TPSA) is 33.0 Å². The second kappa shape index (κ2) is 5.53. The van der Waals surface area contributed by atoms with E-state index in [1.54, 1.807) is 6.07 Å². The molecule has 0 fully saturated rings. The summed E-state index contributed by atoms with van der Waals surface area (Å²) in [5, 5.41) is 8.78. The predicted molar refractivity (Wildman–Crippen MR) is 71.4 cm³/mol. The van der Waals surface area contributed by atoms with Crippen LogP contribution in [0.2, 0.25) is 0 Å². The number of hydrogen-bond acceptors (Lipinski definition) is 2. The summed E-state index contributed by atoms with van der Waals surface area (Å²) in [6, 6.07) is 12.0. The van der Waals surface area contributed by atoms with Crippen molar-refractivity contribution in [3.63, 3.8) is 0 Å². The van der Waals surface area contributed by atoms with E-state index in [9.17, 15) is 4.39 Å². The van der Waals surface area contributed by atoms with Crippen molar-refractivity contribution in [2.24, 2.45) is 0 Å². The molecule has 0 N–H and O–H groups in total. The number of hydrogen-bond donors (Lipinski definition) is 0. The molecule has 0 bridgehead atoms. The Labute approximate surface area is 112 Å². The second-order valence-electron chi connectivity index (χ2n) is 4.49. The molecular formula is C16H14FNO. The Hall–Kier alpha value is -2.34. The molecule has 0 aliphatic carbocycles. The maximum atomic E-state index is 13.3. The van der Waals surface area contributed by atoms with Crippen molar-refractivity contribution in [3.8, 4) is 11.8 Å². The SMILES string of the molecule is Cc1ccc(OCc2cc(F)cc(C#N)c2)cc1C. The third-order valence-corrected chi connectivity index (χ3v) is 2.97. The molecule has 0 amide bonds. The van der Waals surface area contributed by atoms with Gasteiger partial charge < -0.3 is 4.74 Å². The molecule has 0 atom stereocenters. The van der Waals surface area contributed by atoms with Crippen molar-refractivity contribution in [1.82, 2.24) is 0 Å². The highest BCUT2D eigenvalue weighted by molar-refractivity contribution is 5.35. The van der Waals surface area contributed by atoms with Gasteiger partial charge in [-0.3, -0.25) is 0 Å². The molecule has 0 heterocycles. The Balaban J connectivity index is 2.12. The lowest BCUT2D eigenvalue weighted by Crippen LogP contribution is -1.97. The lowest BCUT2D eigenvalue weighted by atomic mass is 10.1. The average molecular weight is 255 g/mol. The third-order valence-electron chi connectivity index (χ3n) is 2.97. The van der Waals surface area contributed by atoms with Gasteiger partial charge in [0.15, 0.2) is 0 Å². The molecule has 0 saturated carbocycles. The quantitative estimate of drug-likeness (QED) is 0.833. The van der Waals surface area contributed by atoms with Gasteiger partial charge in [0.1, 0.15) is 18.2 Å². The van der Waals surface area contributed by atoms with Crippen LogP contribution in [-0.4, -0.2) is 0 Å². The summed E-state index contributed by atoms with van der Waals surface area (Å²) in [6.07, 6.45) is 0. The fourth-order valence-electron chi connectivity index (χ4n) is 1.77. The number of nitrogens with zero attached hydrogens (tertiary/aromatic N) is 1. The number of aryl methyl sites for hydroxylation is 2. The highest BCUT2D eigenvalue weighted by atomic mass is 19.1. The summed E-state index contributed by atoms with van der Waals surface area (Å²) in [6.45, 7) is 4.29. The molecule has 2 nitrogen and oxygen atoms in total. The number of ether oxygens (including phenoxy) is 1. The number of rotatable bonds is 3. The fourth-order valence-corrected chi connectivity index (χ4v) is 1.77. The highest BCUT2D eigenvalue weighted by Gasteiger charge is 2.02. The van der Waals surface area contributed by atoms with Gasteiger partial charge in [-0.25, -0.2) is 4.39 Å². The first-order valence-electron chi connectivity index (χ1n) is 5.98. The fraction of sp³-hybridized carbons (Fsp3) is 0.188. The normalized spacial score (nSPS) is 10.0. The molecule has 3 heteroatoms. The predicted octanol–water partition coefficient (Wildman–Crippen LogP) is 3.89. The highest BCUT2D eigenvalue weighted by Crippen LogP contribution is 2.18. The van der Waals surface area contributed by atoms with Gasteiger partial charge in [0, 0.05) is 0 Å². The molecule has 2 rings (SSSR count). The molecule has 19 heavy (non-hydrogen) atoms. The van der Waals surface area contributed by atoms with Crippen molar-refractivity contribution >= 4 is 0 Å². The van der Waals surface area contributed by atoms with Crippen molar-refractivity contribution in [1.29, 1.82) is 5.26 Å². The van der Waals surface area contributed by atoms with Crippen molar-refractivity contribution in [2.45, 2.75) is 20.5 Å². The van der Waals surface area contributed by atoms with Crippen LogP contribution in [0.1, 0.15) is 22.3 Å². The first kappa shape index (κ1) is 13.1. The summed E-state index contributed by atoms with van der Waals surface area (Å²) >= 11 is 0. The van der Waals surface area contributed by atoms with Crippen LogP contribution in [0.3, 0.4) is 0 Å². The summed E-state index contributed by atoms with van der Waals surface area (Å²) in [5.74, 6) is 0.323. The maximum Gasteiger partial charge on any atom is 0.124 e. The third kappa shape index (κ3) is 3.32. The number of halogens is 1. The molecule has 0 aromatic heterocycles. The first-order chi connectivity index (χ1) is 9.08. The second-order valence-corrected chi connectivity index (χ2v) is 4.49. The van der Waals surface area contributed by atoms with E-state index in [0.717, 1.165) is 11.3 Å². The Morgan fingerprint density at radius 3 is 2.58 bits per heavy atom. The van der Waals surface area contributed by atoms with Gasteiger partial charge in [0.05, 0.1) is 11.6 Å². The van der Waals surface area contributed by atoms with Gasteiger partial charge in [-0.1, -0.05) is 6.07 Å². The standard InChI is InChI=1S/C16H14FNO/c1-11-3-4-16(5-12(11)2)19-10-14-6-13(9-18)7-15(17)8-14/h3-8H,10H2,1-2H3. The molecule has 0 aliphatic rings. The zero-order valence-corrected chi connectivity index (χ0v) is 10.9. The summed E-state index contributed by atoms with van der Waals surface area (Å²) in [5.41, 5.74) is 3.30. The van der Waals surface area contributed by atoms with Crippen LogP contribution < -0.4 is 4.74 Å². The summed E-state index contributed by atoms with van der Waals surface area (Å²) in [4.78, 5) is 0. The van der Waals surface area contributed by atoms with E-state index in [1.807, 2.05) is 38.1 Å². The van der Waals surface area contributed by atoms with Gasteiger partial charge in [-0.05, 0) is 60.9 Å². The molecule has 0 saturated heterocycles. The van der Waals surface area contributed by atoms with Crippen LogP contribution >= 0.6 is 0 Å². The summed E-state index contributed by atoms with van der Waals surface area (Å²) in [7, 11) is 0. The van der Waals surface area contributed by atoms with E-state index < -0.39 is 5.82 Å². The lowest BCUT2D eigenvalue weighted by Gasteiger charge is -2.08. The van der Waals surface area contributed by atoms with E-state index >= 15 is 0 Å². The van der Waals surface area contributed by atoms with E-state index in [4.69, 9.17) is 10.00 Å². The van der Waals surface area contributed by atoms with E-state index in [-0.39, 0.29) is 6.61 Å². The molecule has 0 spiro atoms. The van der Waals surface area contributed by atoms with Gasteiger partial charge in [-0.15, -0.1) is 0 Å². The minimum atomic E-state index is -0.419. The molecule has 0 radical (unpaired) electrons. The molecule has 0 unspecified atom stereocenters. The van der Waals surface area contributed by atoms with Crippen LogP contribution in [0.25, 0.3) is 0 Å². The molecular weight excluding hydrogens is 241 g/mol.